The number of hydrogen-bond acceptors (Lipinski definition) is 5. The number of nitrogens with one attached hydrogen (secondary N) is 1. The zero-order valence-corrected chi connectivity index (χ0v) is 17.9. The van der Waals surface area contributed by atoms with Gasteiger partial charge in [0, 0.05) is 13.7 Å². The molecular weight excluding hydrogens is 355 g/mol. The fourth-order valence-corrected chi connectivity index (χ4v) is 3.17. The summed E-state index contributed by atoms with van der Waals surface area (Å²) in [5.74, 6) is -0.456. The number of methoxy groups -OCH3 is 1. The molecule has 1 aromatic rings. The first-order chi connectivity index (χ1) is 13.2. The molecule has 1 aliphatic rings. The summed E-state index contributed by atoms with van der Waals surface area (Å²) in [6, 6.07) is 9.71. The van der Waals surface area contributed by atoms with Crippen LogP contribution in [0.4, 0.5) is 0 Å². The maximum absolute atomic E-state index is 12.6. The quantitative estimate of drug-likeness (QED) is 0.600. The third kappa shape index (κ3) is 6.04. The van der Waals surface area contributed by atoms with Crippen molar-refractivity contribution in [3.8, 4) is 0 Å². The monoisotopic (exact) mass is 390 g/mol. The van der Waals surface area contributed by atoms with Gasteiger partial charge in [0.25, 0.3) is 0 Å². The van der Waals surface area contributed by atoms with E-state index in [1.807, 2.05) is 45.9 Å². The number of benzene rings is 1. The lowest BCUT2D eigenvalue weighted by Crippen LogP contribution is -2.53. The summed E-state index contributed by atoms with van der Waals surface area (Å²) in [4.78, 5) is 12.6. The molecule has 6 nitrogen and oxygen atoms in total. The molecule has 156 valence electrons. The molecule has 0 saturated carbocycles. The molecule has 0 spiro atoms. The largest absolute Gasteiger partial charge is 0.481 e. The van der Waals surface area contributed by atoms with Gasteiger partial charge in [0.15, 0.2) is 0 Å². The summed E-state index contributed by atoms with van der Waals surface area (Å²) >= 11 is 0. The third-order valence-electron chi connectivity index (χ3n) is 5.72. The van der Waals surface area contributed by atoms with E-state index in [2.05, 4.69) is 17.4 Å². The second-order valence-corrected chi connectivity index (χ2v) is 8.51. The number of nitrogens with two attached hydrogens (primary N) is 1. The Balaban J connectivity index is 2.02. The second kappa shape index (κ2) is 9.88. The van der Waals surface area contributed by atoms with Crippen molar-refractivity contribution in [2.75, 3.05) is 13.7 Å². The number of carbonyl (C=O) groups is 1. The van der Waals surface area contributed by atoms with Gasteiger partial charge >= 0.3 is 7.12 Å². The average Bonchev–Trinajstić information content (AvgIpc) is 2.87. The van der Waals surface area contributed by atoms with Gasteiger partial charge in [-0.3, -0.25) is 4.79 Å². The Kier molecular flexibility index (Phi) is 8.07. The molecule has 28 heavy (non-hydrogen) atoms. The second-order valence-electron chi connectivity index (χ2n) is 8.51. The van der Waals surface area contributed by atoms with Gasteiger partial charge in [-0.1, -0.05) is 30.3 Å². The Morgan fingerprint density at radius 3 is 2.32 bits per heavy atom. The molecule has 3 N–H and O–H groups in total. The summed E-state index contributed by atoms with van der Waals surface area (Å²) in [5, 5.41) is 3.06. The lowest BCUT2D eigenvalue weighted by molar-refractivity contribution is -0.123. The molecule has 1 amide bonds. The SMILES string of the molecule is COCCC(N)C(=O)NC(CCCc1ccccc1)B1OC(C)(C)C(C)(C)O1. The van der Waals surface area contributed by atoms with Crippen molar-refractivity contribution in [1.82, 2.24) is 5.32 Å². The Labute approximate surface area is 169 Å². The molecule has 2 atom stereocenters. The van der Waals surface area contributed by atoms with Crippen LogP contribution in [0.15, 0.2) is 30.3 Å². The number of hydrogen-bond donors (Lipinski definition) is 2. The van der Waals surface area contributed by atoms with E-state index < -0.39 is 24.4 Å². The van der Waals surface area contributed by atoms with Gasteiger partial charge in [-0.05, 0) is 58.9 Å². The molecule has 1 saturated heterocycles. The smallest absolute Gasteiger partial charge is 0.402 e. The minimum Gasteiger partial charge on any atom is -0.402 e. The van der Waals surface area contributed by atoms with E-state index in [1.54, 1.807) is 7.11 Å². The van der Waals surface area contributed by atoms with Crippen LogP contribution in [0.1, 0.15) is 52.5 Å². The van der Waals surface area contributed by atoms with Crippen LogP contribution in [0.3, 0.4) is 0 Å². The number of rotatable bonds is 10. The van der Waals surface area contributed by atoms with Crippen molar-refractivity contribution in [2.24, 2.45) is 5.73 Å². The van der Waals surface area contributed by atoms with Gasteiger partial charge in [0.2, 0.25) is 5.91 Å². The van der Waals surface area contributed by atoms with Crippen molar-refractivity contribution in [3.63, 3.8) is 0 Å². The summed E-state index contributed by atoms with van der Waals surface area (Å²) in [6.07, 6.45) is 3.06. The Morgan fingerprint density at radius 1 is 1.14 bits per heavy atom. The van der Waals surface area contributed by atoms with E-state index >= 15 is 0 Å². The zero-order chi connectivity index (χ0) is 20.8. The minimum atomic E-state index is -0.612. The van der Waals surface area contributed by atoms with Gasteiger partial charge in [0.1, 0.15) is 0 Å². The van der Waals surface area contributed by atoms with Crippen molar-refractivity contribution in [1.29, 1.82) is 0 Å². The van der Waals surface area contributed by atoms with Crippen LogP contribution in [-0.2, 0) is 25.3 Å². The average molecular weight is 390 g/mol. The maximum atomic E-state index is 12.6. The number of aryl methyl sites for hydroxylation is 1. The molecule has 0 bridgehead atoms. The third-order valence-corrected chi connectivity index (χ3v) is 5.72. The van der Waals surface area contributed by atoms with Crippen LogP contribution in [0.2, 0.25) is 0 Å². The molecule has 0 radical (unpaired) electrons. The van der Waals surface area contributed by atoms with Gasteiger partial charge in [0.05, 0.1) is 23.2 Å². The van der Waals surface area contributed by atoms with E-state index in [0.717, 1.165) is 19.3 Å². The predicted molar refractivity (Wildman–Crippen MR) is 112 cm³/mol. The molecule has 0 aliphatic carbocycles. The van der Waals surface area contributed by atoms with E-state index in [-0.39, 0.29) is 11.8 Å². The summed E-state index contributed by atoms with van der Waals surface area (Å²) in [5.41, 5.74) is 6.39. The summed E-state index contributed by atoms with van der Waals surface area (Å²) in [7, 11) is 1.10. The maximum Gasteiger partial charge on any atom is 0.481 e. The van der Waals surface area contributed by atoms with E-state index in [4.69, 9.17) is 19.8 Å². The Bertz CT molecular complexity index is 608. The first kappa shape index (κ1) is 22.9. The lowest BCUT2D eigenvalue weighted by atomic mass is 9.75. The number of ether oxygens (including phenoxy) is 1. The number of amides is 1. The first-order valence-electron chi connectivity index (χ1n) is 10.1. The molecule has 1 heterocycles. The summed E-state index contributed by atoms with van der Waals surface area (Å²) in [6.45, 7) is 8.50. The summed E-state index contributed by atoms with van der Waals surface area (Å²) < 4.78 is 17.4. The molecule has 1 fully saturated rings. The highest BCUT2D eigenvalue weighted by Gasteiger charge is 2.54. The zero-order valence-electron chi connectivity index (χ0n) is 17.9. The molecule has 7 heteroatoms. The highest BCUT2D eigenvalue weighted by Crippen LogP contribution is 2.38. The fraction of sp³-hybridized carbons (Fsp3) is 0.667. The van der Waals surface area contributed by atoms with Crippen LogP contribution in [-0.4, -0.2) is 49.9 Å². The van der Waals surface area contributed by atoms with Crippen LogP contribution in [0.25, 0.3) is 0 Å². The first-order valence-corrected chi connectivity index (χ1v) is 10.1. The van der Waals surface area contributed by atoms with Gasteiger partial charge < -0.3 is 25.1 Å². The predicted octanol–water partition coefficient (Wildman–Crippen LogP) is 2.49. The topological polar surface area (TPSA) is 82.8 Å². The van der Waals surface area contributed by atoms with Gasteiger partial charge in [-0.15, -0.1) is 0 Å². The molecule has 1 aliphatic heterocycles. The number of carbonyl (C=O) groups excluding carboxylic acids is 1. The van der Waals surface area contributed by atoms with Crippen molar-refractivity contribution < 1.29 is 18.8 Å². The molecular formula is C21H35BN2O4. The fourth-order valence-electron chi connectivity index (χ4n) is 3.17. The van der Waals surface area contributed by atoms with E-state index in [9.17, 15) is 4.79 Å². The Hall–Kier alpha value is -1.41. The highest BCUT2D eigenvalue weighted by atomic mass is 16.7. The van der Waals surface area contributed by atoms with E-state index in [0.29, 0.717) is 13.0 Å². The van der Waals surface area contributed by atoms with Crippen molar-refractivity contribution in [2.45, 2.75) is 76.6 Å². The lowest BCUT2D eigenvalue weighted by Gasteiger charge is -2.32. The van der Waals surface area contributed by atoms with Gasteiger partial charge in [-0.2, -0.15) is 0 Å². The molecule has 2 rings (SSSR count). The minimum absolute atomic E-state index is 0.198. The molecule has 0 aromatic heterocycles. The van der Waals surface area contributed by atoms with Crippen molar-refractivity contribution in [3.05, 3.63) is 35.9 Å². The molecule has 1 aromatic carbocycles. The Morgan fingerprint density at radius 2 is 1.75 bits per heavy atom. The van der Waals surface area contributed by atoms with Crippen molar-refractivity contribution >= 4 is 13.0 Å². The normalized spacial score (nSPS) is 20.0. The van der Waals surface area contributed by atoms with E-state index in [1.165, 1.54) is 5.56 Å². The molecule has 2 unspecified atom stereocenters. The van der Waals surface area contributed by atoms with Gasteiger partial charge in [-0.25, -0.2) is 0 Å². The van der Waals surface area contributed by atoms with Crippen LogP contribution in [0.5, 0.6) is 0 Å². The standard InChI is InChI=1S/C21H35BN2O4/c1-20(2)21(3,4)28-22(27-20)18(24-19(25)17(23)14-15-26-5)13-9-12-16-10-7-6-8-11-16/h6-8,10-11,17-18H,9,12-15,23H2,1-5H3,(H,24,25). The van der Waals surface area contributed by atoms with Crippen LogP contribution in [0, 0.1) is 0 Å². The van der Waals surface area contributed by atoms with Crippen LogP contribution < -0.4 is 11.1 Å². The highest BCUT2D eigenvalue weighted by molar-refractivity contribution is 6.48. The van der Waals surface area contributed by atoms with Crippen LogP contribution >= 0.6 is 0 Å².